The number of fused-ring (bicyclic) bond motifs is 1. The fourth-order valence-electron chi connectivity index (χ4n) is 1.91. The molecular formula is C13H19N5S. The lowest BCUT2D eigenvalue weighted by atomic mass is 10.1. The van der Waals surface area contributed by atoms with E-state index in [1.54, 1.807) is 7.05 Å². The highest BCUT2D eigenvalue weighted by molar-refractivity contribution is 7.80. The van der Waals surface area contributed by atoms with Gasteiger partial charge in [-0.3, -0.25) is 0 Å². The maximum atomic E-state index is 6.09. The minimum atomic E-state index is 0.0627. The Morgan fingerprint density at radius 3 is 3.00 bits per heavy atom. The molecule has 1 unspecified atom stereocenters. The normalized spacial score (nSPS) is 12.3. The summed E-state index contributed by atoms with van der Waals surface area (Å²) in [5.41, 5.74) is 8.13. The fourth-order valence-corrected chi connectivity index (χ4v) is 2.01. The number of para-hydroxylation sites is 2. The van der Waals surface area contributed by atoms with Crippen molar-refractivity contribution in [2.24, 2.45) is 5.73 Å². The van der Waals surface area contributed by atoms with E-state index in [0.29, 0.717) is 5.11 Å². The zero-order valence-corrected chi connectivity index (χ0v) is 11.8. The van der Waals surface area contributed by atoms with Crippen molar-refractivity contribution in [2.45, 2.75) is 18.9 Å². The van der Waals surface area contributed by atoms with E-state index in [9.17, 15) is 0 Å². The fraction of sp³-hybridized carbons (Fsp3) is 0.385. The third kappa shape index (κ3) is 3.90. The molecule has 0 saturated heterocycles. The maximum Gasteiger partial charge on any atom is 0.166 e. The number of hydrogen-bond donors (Lipinski definition) is 4. The van der Waals surface area contributed by atoms with Crippen molar-refractivity contribution in [1.29, 1.82) is 0 Å². The van der Waals surface area contributed by atoms with Crippen molar-refractivity contribution in [3.8, 4) is 0 Å². The lowest BCUT2D eigenvalue weighted by molar-refractivity contribution is 0.588. The number of nitrogens with zero attached hydrogens (tertiary/aromatic N) is 1. The molecule has 2 aromatic rings. The summed E-state index contributed by atoms with van der Waals surface area (Å²) in [4.78, 5) is 7.81. The van der Waals surface area contributed by atoms with Gasteiger partial charge in [0.2, 0.25) is 0 Å². The van der Waals surface area contributed by atoms with E-state index < -0.39 is 0 Å². The predicted molar refractivity (Wildman–Crippen MR) is 82.1 cm³/mol. The molecule has 1 aromatic heterocycles. The molecule has 19 heavy (non-hydrogen) atoms. The standard InChI is InChI=1S/C13H19N5S/c1-15-13(19)16-7-6-9(14)8-12-17-10-4-2-3-5-11(10)18-12/h2-5,9H,6-8,14H2,1H3,(H,17,18)(H2,15,16,19). The number of nitrogens with one attached hydrogen (secondary N) is 3. The maximum absolute atomic E-state index is 6.09. The van der Waals surface area contributed by atoms with Gasteiger partial charge >= 0.3 is 0 Å². The second-order valence-corrected chi connectivity index (χ2v) is 4.87. The number of aromatic nitrogens is 2. The molecule has 5 N–H and O–H groups in total. The summed E-state index contributed by atoms with van der Waals surface area (Å²) in [6.07, 6.45) is 1.58. The molecule has 0 aliphatic carbocycles. The smallest absolute Gasteiger partial charge is 0.166 e. The van der Waals surface area contributed by atoms with Crippen LogP contribution in [-0.4, -0.2) is 34.7 Å². The number of rotatable bonds is 5. The second-order valence-electron chi connectivity index (χ2n) is 4.46. The molecule has 102 valence electrons. The highest BCUT2D eigenvalue weighted by Crippen LogP contribution is 2.11. The molecule has 0 aliphatic heterocycles. The zero-order chi connectivity index (χ0) is 13.7. The van der Waals surface area contributed by atoms with Crippen molar-refractivity contribution < 1.29 is 0 Å². The van der Waals surface area contributed by atoms with Crippen LogP contribution in [0.2, 0.25) is 0 Å². The van der Waals surface area contributed by atoms with E-state index >= 15 is 0 Å². The summed E-state index contributed by atoms with van der Waals surface area (Å²) in [6.45, 7) is 0.765. The van der Waals surface area contributed by atoms with Crippen molar-refractivity contribution in [1.82, 2.24) is 20.6 Å². The lowest BCUT2D eigenvalue weighted by Gasteiger charge is -2.11. The van der Waals surface area contributed by atoms with Crippen LogP contribution in [0.4, 0.5) is 0 Å². The minimum absolute atomic E-state index is 0.0627. The Balaban J connectivity index is 1.84. The number of H-pyrrole nitrogens is 1. The van der Waals surface area contributed by atoms with E-state index in [-0.39, 0.29) is 6.04 Å². The molecule has 1 heterocycles. The number of nitrogens with two attached hydrogens (primary N) is 1. The summed E-state index contributed by atoms with van der Waals surface area (Å²) >= 11 is 5.00. The quantitative estimate of drug-likeness (QED) is 0.611. The van der Waals surface area contributed by atoms with Crippen LogP contribution in [0.5, 0.6) is 0 Å². The van der Waals surface area contributed by atoms with E-state index in [2.05, 4.69) is 20.6 Å². The highest BCUT2D eigenvalue weighted by atomic mass is 32.1. The molecule has 0 fully saturated rings. The number of thiocarbonyl (C=S) groups is 1. The van der Waals surface area contributed by atoms with E-state index in [4.69, 9.17) is 18.0 Å². The molecule has 1 aromatic carbocycles. The van der Waals surface area contributed by atoms with Crippen LogP contribution < -0.4 is 16.4 Å². The molecule has 1 atom stereocenters. The van der Waals surface area contributed by atoms with E-state index in [0.717, 1.165) is 36.2 Å². The van der Waals surface area contributed by atoms with Gasteiger partial charge in [0.15, 0.2) is 5.11 Å². The number of benzene rings is 1. The Morgan fingerprint density at radius 1 is 1.47 bits per heavy atom. The Kier molecular flexibility index (Phi) is 4.70. The molecule has 0 radical (unpaired) electrons. The molecule has 5 nitrogen and oxygen atoms in total. The summed E-state index contributed by atoms with van der Waals surface area (Å²) in [5.74, 6) is 0.935. The third-order valence-electron chi connectivity index (χ3n) is 2.92. The second kappa shape index (κ2) is 6.49. The molecule has 0 amide bonds. The number of aromatic amines is 1. The molecule has 0 bridgehead atoms. The van der Waals surface area contributed by atoms with Gasteiger partial charge in [-0.15, -0.1) is 0 Å². The van der Waals surface area contributed by atoms with Gasteiger partial charge in [-0.25, -0.2) is 4.98 Å². The van der Waals surface area contributed by atoms with Crippen LogP contribution in [0.15, 0.2) is 24.3 Å². The van der Waals surface area contributed by atoms with Gasteiger partial charge in [-0.05, 0) is 30.8 Å². The topological polar surface area (TPSA) is 78.8 Å². The van der Waals surface area contributed by atoms with Crippen LogP contribution in [0.25, 0.3) is 11.0 Å². The van der Waals surface area contributed by atoms with Gasteiger partial charge in [0.25, 0.3) is 0 Å². The van der Waals surface area contributed by atoms with Crippen molar-refractivity contribution in [2.75, 3.05) is 13.6 Å². The molecule has 2 rings (SSSR count). The van der Waals surface area contributed by atoms with Crippen LogP contribution >= 0.6 is 12.2 Å². The highest BCUT2D eigenvalue weighted by Gasteiger charge is 2.08. The molecular weight excluding hydrogens is 258 g/mol. The SMILES string of the molecule is CNC(=S)NCCC(N)Cc1nc2ccccc2[nH]1. The first-order chi connectivity index (χ1) is 9.19. The summed E-state index contributed by atoms with van der Waals surface area (Å²) in [7, 11) is 1.80. The Hall–Kier alpha value is -1.66. The van der Waals surface area contributed by atoms with Crippen LogP contribution in [-0.2, 0) is 6.42 Å². The average Bonchev–Trinajstić information content (AvgIpc) is 2.80. The monoisotopic (exact) mass is 277 g/mol. The summed E-state index contributed by atoms with van der Waals surface area (Å²) in [6, 6.07) is 8.05. The molecule has 0 saturated carbocycles. The van der Waals surface area contributed by atoms with Gasteiger partial charge in [-0.1, -0.05) is 12.1 Å². The molecule has 0 aliphatic rings. The van der Waals surface area contributed by atoms with Crippen LogP contribution in [0.3, 0.4) is 0 Å². The van der Waals surface area contributed by atoms with Gasteiger partial charge in [0.1, 0.15) is 5.82 Å². The minimum Gasteiger partial charge on any atom is -0.366 e. The predicted octanol–water partition coefficient (Wildman–Crippen LogP) is 0.917. The molecule has 0 spiro atoms. The Labute approximate surface area is 118 Å². The van der Waals surface area contributed by atoms with E-state index in [1.165, 1.54) is 0 Å². The largest absolute Gasteiger partial charge is 0.366 e. The third-order valence-corrected chi connectivity index (χ3v) is 3.27. The van der Waals surface area contributed by atoms with Crippen LogP contribution in [0.1, 0.15) is 12.2 Å². The zero-order valence-electron chi connectivity index (χ0n) is 10.9. The summed E-state index contributed by atoms with van der Waals surface area (Å²) < 4.78 is 0. The molecule has 6 heteroatoms. The van der Waals surface area contributed by atoms with Gasteiger partial charge in [-0.2, -0.15) is 0 Å². The van der Waals surface area contributed by atoms with E-state index in [1.807, 2.05) is 24.3 Å². The van der Waals surface area contributed by atoms with Crippen molar-refractivity contribution in [3.63, 3.8) is 0 Å². The Bertz CT molecular complexity index is 518. The number of imidazole rings is 1. The average molecular weight is 277 g/mol. The first-order valence-corrected chi connectivity index (χ1v) is 6.74. The van der Waals surface area contributed by atoms with Crippen molar-refractivity contribution in [3.05, 3.63) is 30.1 Å². The summed E-state index contributed by atoms with van der Waals surface area (Å²) in [5, 5.41) is 6.60. The van der Waals surface area contributed by atoms with Gasteiger partial charge < -0.3 is 21.4 Å². The lowest BCUT2D eigenvalue weighted by Crippen LogP contribution is -2.36. The first-order valence-electron chi connectivity index (χ1n) is 6.34. The number of hydrogen-bond acceptors (Lipinski definition) is 3. The first kappa shape index (κ1) is 13.8. The Morgan fingerprint density at radius 2 is 2.26 bits per heavy atom. The van der Waals surface area contributed by atoms with Gasteiger partial charge in [0.05, 0.1) is 11.0 Å². The van der Waals surface area contributed by atoms with Crippen molar-refractivity contribution >= 4 is 28.4 Å². The van der Waals surface area contributed by atoms with Crippen LogP contribution in [0, 0.1) is 0 Å². The van der Waals surface area contributed by atoms with Gasteiger partial charge in [0, 0.05) is 26.1 Å².